The molecule has 5 rings (SSSR count). The van der Waals surface area contributed by atoms with Crippen LogP contribution in [0.3, 0.4) is 0 Å². The molecule has 198 valence electrons. The number of hydrogen-bond donors (Lipinski definition) is 1. The van der Waals surface area contributed by atoms with Crippen molar-refractivity contribution in [3.63, 3.8) is 0 Å². The Morgan fingerprint density at radius 1 is 0.846 bits per heavy atom. The molecule has 0 radical (unpaired) electrons. The number of halogens is 3. The molecule has 1 amide bonds. The van der Waals surface area contributed by atoms with Crippen LogP contribution in [-0.4, -0.2) is 10.5 Å². The maximum atomic E-state index is 13.1. The van der Waals surface area contributed by atoms with Gasteiger partial charge in [0.1, 0.15) is 0 Å². The predicted molar refractivity (Wildman–Crippen MR) is 150 cm³/mol. The van der Waals surface area contributed by atoms with Crippen LogP contribution in [0.2, 0.25) is 0 Å². The molecule has 6 heteroatoms. The first-order valence-electron chi connectivity index (χ1n) is 12.8. The lowest BCUT2D eigenvalue weighted by atomic mass is 10.0. The number of carbonyl (C=O) groups excluding carboxylic acids is 1. The second-order valence-electron chi connectivity index (χ2n) is 9.91. The SMILES string of the molecule is Cc1c(C)n(Cc2ccc(-c3ccccc3)cc2)c2ccc(C(=O)N[C@@H](C)c3cccc(C(F)(F)F)c3)cc12. The van der Waals surface area contributed by atoms with Gasteiger partial charge in [0.05, 0.1) is 11.6 Å². The van der Waals surface area contributed by atoms with Crippen LogP contribution in [0, 0.1) is 13.8 Å². The standard InChI is InChI=1S/C33H29F3N2O/c1-21-23(3)38(20-24-12-14-26(15-13-24)25-8-5-4-6-9-25)31-17-16-28(19-30(21)31)32(39)37-22(2)27-10-7-11-29(18-27)33(34,35)36/h4-19,22H,20H2,1-3H3,(H,37,39)/t22-/m0/s1. The number of carbonyl (C=O) groups is 1. The van der Waals surface area contributed by atoms with E-state index in [2.05, 4.69) is 53.2 Å². The van der Waals surface area contributed by atoms with E-state index in [1.165, 1.54) is 22.8 Å². The predicted octanol–water partition coefficient (Wildman–Crippen LogP) is 8.48. The molecule has 0 fully saturated rings. The van der Waals surface area contributed by atoms with Gasteiger partial charge in [-0.3, -0.25) is 4.79 Å². The maximum absolute atomic E-state index is 13.1. The summed E-state index contributed by atoms with van der Waals surface area (Å²) in [6.07, 6.45) is -4.43. The van der Waals surface area contributed by atoms with Gasteiger partial charge in [0.25, 0.3) is 5.91 Å². The number of rotatable bonds is 6. The Kier molecular flexibility index (Phi) is 7.04. The molecule has 1 aromatic heterocycles. The molecule has 1 atom stereocenters. The van der Waals surface area contributed by atoms with Crippen molar-refractivity contribution in [2.45, 2.75) is 39.5 Å². The molecule has 0 aliphatic heterocycles. The number of benzene rings is 4. The van der Waals surface area contributed by atoms with Crippen molar-refractivity contribution in [3.05, 3.63) is 131 Å². The first-order valence-corrected chi connectivity index (χ1v) is 12.8. The summed E-state index contributed by atoms with van der Waals surface area (Å²) in [5.74, 6) is -0.330. The normalized spacial score (nSPS) is 12.5. The van der Waals surface area contributed by atoms with E-state index in [0.717, 1.165) is 34.3 Å². The number of aryl methyl sites for hydroxylation is 1. The molecule has 0 unspecified atom stereocenters. The Balaban J connectivity index is 1.36. The fourth-order valence-corrected chi connectivity index (χ4v) is 4.96. The van der Waals surface area contributed by atoms with Crippen molar-refractivity contribution >= 4 is 16.8 Å². The summed E-state index contributed by atoms with van der Waals surface area (Å²) >= 11 is 0. The van der Waals surface area contributed by atoms with Crippen molar-refractivity contribution in [2.24, 2.45) is 0 Å². The molecule has 0 saturated carbocycles. The lowest BCUT2D eigenvalue weighted by Gasteiger charge is -2.16. The third-order valence-corrected chi connectivity index (χ3v) is 7.36. The van der Waals surface area contributed by atoms with E-state index >= 15 is 0 Å². The number of nitrogens with one attached hydrogen (secondary N) is 1. The van der Waals surface area contributed by atoms with Gasteiger partial charge < -0.3 is 9.88 Å². The fourth-order valence-electron chi connectivity index (χ4n) is 4.96. The summed E-state index contributed by atoms with van der Waals surface area (Å²) < 4.78 is 41.6. The topological polar surface area (TPSA) is 34.0 Å². The van der Waals surface area contributed by atoms with Gasteiger partial charge >= 0.3 is 6.18 Å². The minimum atomic E-state index is -4.43. The highest BCUT2D eigenvalue weighted by atomic mass is 19.4. The average Bonchev–Trinajstić information content (AvgIpc) is 3.17. The van der Waals surface area contributed by atoms with Crippen molar-refractivity contribution in [3.8, 4) is 11.1 Å². The highest BCUT2D eigenvalue weighted by Crippen LogP contribution is 2.31. The Labute approximate surface area is 225 Å². The van der Waals surface area contributed by atoms with Gasteiger partial charge in [-0.15, -0.1) is 0 Å². The van der Waals surface area contributed by atoms with Crippen LogP contribution in [0.15, 0.2) is 97.1 Å². The molecule has 1 N–H and O–H groups in total. The quantitative estimate of drug-likeness (QED) is 0.237. The molecular formula is C33H29F3N2O. The molecule has 0 spiro atoms. The Morgan fingerprint density at radius 2 is 1.54 bits per heavy atom. The van der Waals surface area contributed by atoms with Gasteiger partial charge in [0.15, 0.2) is 0 Å². The summed E-state index contributed by atoms with van der Waals surface area (Å²) in [7, 11) is 0. The molecule has 5 aromatic rings. The van der Waals surface area contributed by atoms with E-state index in [9.17, 15) is 18.0 Å². The summed E-state index contributed by atoms with van der Waals surface area (Å²) in [6.45, 7) is 6.49. The second-order valence-corrected chi connectivity index (χ2v) is 9.91. The van der Waals surface area contributed by atoms with Gasteiger partial charge in [-0.2, -0.15) is 13.2 Å². The largest absolute Gasteiger partial charge is 0.416 e. The van der Waals surface area contributed by atoms with Crippen LogP contribution in [0.1, 0.15) is 51.3 Å². The van der Waals surface area contributed by atoms with E-state index in [1.807, 2.05) is 37.3 Å². The number of hydrogen-bond acceptors (Lipinski definition) is 1. The van der Waals surface area contributed by atoms with E-state index in [1.54, 1.807) is 19.1 Å². The number of fused-ring (bicyclic) bond motifs is 1. The third-order valence-electron chi connectivity index (χ3n) is 7.36. The number of alkyl halides is 3. The molecule has 0 bridgehead atoms. The zero-order valence-corrected chi connectivity index (χ0v) is 22.0. The molecule has 1 heterocycles. The third kappa shape index (κ3) is 5.46. The van der Waals surface area contributed by atoms with Crippen molar-refractivity contribution in [1.29, 1.82) is 0 Å². The summed E-state index contributed by atoms with van der Waals surface area (Å²) in [4.78, 5) is 13.1. The second kappa shape index (κ2) is 10.4. The van der Waals surface area contributed by atoms with Gasteiger partial charge in [0, 0.05) is 28.7 Å². The van der Waals surface area contributed by atoms with Crippen LogP contribution < -0.4 is 5.32 Å². The molecular weight excluding hydrogens is 497 g/mol. The number of amides is 1. The number of aromatic nitrogens is 1. The molecule has 0 aliphatic carbocycles. The van der Waals surface area contributed by atoms with E-state index < -0.39 is 17.8 Å². The van der Waals surface area contributed by atoms with E-state index in [4.69, 9.17) is 0 Å². The van der Waals surface area contributed by atoms with Crippen LogP contribution in [0.25, 0.3) is 22.0 Å². The van der Waals surface area contributed by atoms with Gasteiger partial charge in [-0.1, -0.05) is 66.7 Å². The highest BCUT2D eigenvalue weighted by Gasteiger charge is 2.30. The van der Waals surface area contributed by atoms with E-state index in [-0.39, 0.29) is 5.91 Å². The van der Waals surface area contributed by atoms with Crippen LogP contribution in [0.4, 0.5) is 13.2 Å². The van der Waals surface area contributed by atoms with E-state index in [0.29, 0.717) is 17.7 Å². The Hall–Kier alpha value is -4.32. The van der Waals surface area contributed by atoms with Crippen LogP contribution in [0.5, 0.6) is 0 Å². The monoisotopic (exact) mass is 526 g/mol. The molecule has 0 aliphatic rings. The molecule has 39 heavy (non-hydrogen) atoms. The Bertz CT molecular complexity index is 1630. The Morgan fingerprint density at radius 3 is 2.23 bits per heavy atom. The van der Waals surface area contributed by atoms with Gasteiger partial charge in [-0.25, -0.2) is 0 Å². The molecule has 4 aromatic carbocycles. The molecule has 3 nitrogen and oxygen atoms in total. The maximum Gasteiger partial charge on any atom is 0.416 e. The summed E-state index contributed by atoms with van der Waals surface area (Å²) in [5, 5.41) is 3.82. The first-order chi connectivity index (χ1) is 18.6. The van der Waals surface area contributed by atoms with Gasteiger partial charge in [0.2, 0.25) is 0 Å². The van der Waals surface area contributed by atoms with Crippen LogP contribution in [-0.2, 0) is 12.7 Å². The van der Waals surface area contributed by atoms with Gasteiger partial charge in [-0.05, 0) is 78.9 Å². The fraction of sp³-hybridized carbons (Fsp3) is 0.182. The number of nitrogens with zero attached hydrogens (tertiary/aromatic N) is 1. The summed E-state index contributed by atoms with van der Waals surface area (Å²) in [6, 6.07) is 28.8. The van der Waals surface area contributed by atoms with Crippen LogP contribution >= 0.6 is 0 Å². The highest BCUT2D eigenvalue weighted by molar-refractivity contribution is 5.99. The van der Waals surface area contributed by atoms with Crippen molar-refractivity contribution < 1.29 is 18.0 Å². The zero-order valence-electron chi connectivity index (χ0n) is 22.0. The lowest BCUT2D eigenvalue weighted by molar-refractivity contribution is -0.137. The first kappa shape index (κ1) is 26.3. The zero-order chi connectivity index (χ0) is 27.7. The minimum absolute atomic E-state index is 0.330. The van der Waals surface area contributed by atoms with Crippen molar-refractivity contribution in [1.82, 2.24) is 9.88 Å². The van der Waals surface area contributed by atoms with Crippen molar-refractivity contribution in [2.75, 3.05) is 0 Å². The lowest BCUT2D eigenvalue weighted by Crippen LogP contribution is -2.26. The smallest absolute Gasteiger partial charge is 0.346 e. The molecule has 0 saturated heterocycles. The average molecular weight is 527 g/mol. The minimum Gasteiger partial charge on any atom is -0.346 e. The summed E-state index contributed by atoms with van der Waals surface area (Å²) in [5.41, 5.74) is 6.88.